The number of nitrogens with one attached hydrogen (secondary N) is 1. The zero-order valence-electron chi connectivity index (χ0n) is 12.6. The standard InChI is InChI=1S/C16H26N2O3/c19-15(20)12-7-8-13(10-12)17-16(21)18-9-3-6-14(18)11-4-1-2-5-11/h11-14H,1-10H2,(H,17,21)(H,19,20)/t12-,13+,14?/m1/s1. The minimum absolute atomic E-state index is 0.0421. The Balaban J connectivity index is 1.54. The van der Waals surface area contributed by atoms with Crippen molar-refractivity contribution in [3.63, 3.8) is 0 Å². The molecule has 0 aromatic rings. The molecule has 1 aliphatic heterocycles. The predicted molar refractivity (Wildman–Crippen MR) is 79.0 cm³/mol. The van der Waals surface area contributed by atoms with E-state index in [4.69, 9.17) is 5.11 Å². The van der Waals surface area contributed by atoms with Gasteiger partial charge in [-0.2, -0.15) is 0 Å². The van der Waals surface area contributed by atoms with Gasteiger partial charge in [0, 0.05) is 18.6 Å². The van der Waals surface area contributed by atoms with Gasteiger partial charge in [-0.25, -0.2) is 4.79 Å². The molecule has 5 nitrogen and oxygen atoms in total. The molecule has 3 atom stereocenters. The van der Waals surface area contributed by atoms with Crippen LogP contribution >= 0.6 is 0 Å². The molecule has 3 aliphatic rings. The topological polar surface area (TPSA) is 69.6 Å². The Morgan fingerprint density at radius 3 is 2.43 bits per heavy atom. The summed E-state index contributed by atoms with van der Waals surface area (Å²) in [5.74, 6) is -0.315. The molecule has 1 heterocycles. The van der Waals surface area contributed by atoms with Crippen molar-refractivity contribution in [2.75, 3.05) is 6.54 Å². The van der Waals surface area contributed by atoms with Gasteiger partial charge < -0.3 is 15.3 Å². The summed E-state index contributed by atoms with van der Waals surface area (Å²) in [4.78, 5) is 25.5. The Morgan fingerprint density at radius 2 is 1.76 bits per heavy atom. The molecule has 5 heteroatoms. The number of amides is 2. The van der Waals surface area contributed by atoms with Crippen LogP contribution in [0.3, 0.4) is 0 Å². The van der Waals surface area contributed by atoms with E-state index in [1.54, 1.807) is 0 Å². The van der Waals surface area contributed by atoms with Crippen LogP contribution in [0.15, 0.2) is 0 Å². The molecule has 0 bridgehead atoms. The number of carboxylic acid groups (broad SMARTS) is 1. The fourth-order valence-corrected chi connectivity index (χ4v) is 4.47. The maximum atomic E-state index is 12.5. The number of rotatable bonds is 3. The lowest BCUT2D eigenvalue weighted by Gasteiger charge is -2.30. The van der Waals surface area contributed by atoms with E-state index < -0.39 is 5.97 Å². The van der Waals surface area contributed by atoms with Gasteiger partial charge in [-0.1, -0.05) is 12.8 Å². The van der Waals surface area contributed by atoms with Gasteiger partial charge in [-0.05, 0) is 50.9 Å². The number of urea groups is 1. The third-order valence-corrected chi connectivity index (χ3v) is 5.61. The minimum Gasteiger partial charge on any atom is -0.481 e. The van der Waals surface area contributed by atoms with E-state index in [2.05, 4.69) is 5.32 Å². The van der Waals surface area contributed by atoms with Crippen LogP contribution in [0.1, 0.15) is 57.8 Å². The SMILES string of the molecule is O=C(O)[C@@H]1CC[C@H](NC(=O)N2CCCC2C2CCCC2)C1. The van der Waals surface area contributed by atoms with Crippen molar-refractivity contribution in [2.45, 2.75) is 69.9 Å². The van der Waals surface area contributed by atoms with Crippen LogP contribution < -0.4 is 5.32 Å². The van der Waals surface area contributed by atoms with Crippen LogP contribution in [0, 0.1) is 11.8 Å². The Morgan fingerprint density at radius 1 is 1.00 bits per heavy atom. The highest BCUT2D eigenvalue weighted by molar-refractivity contribution is 5.76. The molecule has 0 spiro atoms. The third-order valence-electron chi connectivity index (χ3n) is 5.61. The van der Waals surface area contributed by atoms with E-state index >= 15 is 0 Å². The summed E-state index contributed by atoms with van der Waals surface area (Å²) in [7, 11) is 0. The molecule has 118 valence electrons. The Labute approximate surface area is 126 Å². The molecule has 3 fully saturated rings. The highest BCUT2D eigenvalue weighted by atomic mass is 16.4. The first kappa shape index (κ1) is 14.7. The van der Waals surface area contributed by atoms with Crippen molar-refractivity contribution in [1.29, 1.82) is 0 Å². The van der Waals surface area contributed by atoms with E-state index in [-0.39, 0.29) is 18.0 Å². The first-order valence-electron chi connectivity index (χ1n) is 8.45. The molecule has 2 N–H and O–H groups in total. The molecular formula is C16H26N2O3. The highest BCUT2D eigenvalue weighted by Crippen LogP contribution is 2.35. The summed E-state index contributed by atoms with van der Waals surface area (Å²) in [6, 6.07) is 0.507. The monoisotopic (exact) mass is 294 g/mol. The molecular weight excluding hydrogens is 268 g/mol. The second-order valence-electron chi connectivity index (χ2n) is 6.94. The van der Waals surface area contributed by atoms with Crippen LogP contribution in [0.4, 0.5) is 4.79 Å². The van der Waals surface area contributed by atoms with Crippen molar-refractivity contribution in [1.82, 2.24) is 10.2 Å². The molecule has 0 aromatic heterocycles. The van der Waals surface area contributed by atoms with E-state index in [0.29, 0.717) is 24.8 Å². The number of carbonyl (C=O) groups is 2. The number of aliphatic carboxylic acids is 1. The smallest absolute Gasteiger partial charge is 0.317 e. The summed E-state index contributed by atoms with van der Waals surface area (Å²) < 4.78 is 0. The lowest BCUT2D eigenvalue weighted by molar-refractivity contribution is -0.141. The third kappa shape index (κ3) is 3.16. The van der Waals surface area contributed by atoms with E-state index in [1.807, 2.05) is 4.90 Å². The minimum atomic E-state index is -0.725. The van der Waals surface area contributed by atoms with Gasteiger partial charge in [-0.3, -0.25) is 4.79 Å². The van der Waals surface area contributed by atoms with E-state index in [0.717, 1.165) is 25.8 Å². The fourth-order valence-electron chi connectivity index (χ4n) is 4.47. The average molecular weight is 294 g/mol. The lowest BCUT2D eigenvalue weighted by atomic mass is 9.96. The number of hydrogen-bond donors (Lipinski definition) is 2. The molecule has 0 aromatic carbocycles. The highest BCUT2D eigenvalue weighted by Gasteiger charge is 2.37. The van der Waals surface area contributed by atoms with Crippen molar-refractivity contribution in [3.8, 4) is 0 Å². The predicted octanol–water partition coefficient (Wildman–Crippen LogP) is 2.60. The number of carboxylic acids is 1. The van der Waals surface area contributed by atoms with Crippen molar-refractivity contribution >= 4 is 12.0 Å². The van der Waals surface area contributed by atoms with E-state index in [1.165, 1.54) is 25.7 Å². The fraction of sp³-hybridized carbons (Fsp3) is 0.875. The molecule has 1 saturated heterocycles. The largest absolute Gasteiger partial charge is 0.481 e. The molecule has 2 amide bonds. The second-order valence-corrected chi connectivity index (χ2v) is 6.94. The molecule has 3 rings (SSSR count). The van der Waals surface area contributed by atoms with Crippen LogP contribution in [-0.4, -0.2) is 40.6 Å². The number of carbonyl (C=O) groups excluding carboxylic acids is 1. The number of nitrogens with zero attached hydrogens (tertiary/aromatic N) is 1. The summed E-state index contributed by atoms with van der Waals surface area (Å²) in [5, 5.41) is 12.1. The Kier molecular flexibility index (Phi) is 4.36. The second kappa shape index (κ2) is 6.24. The van der Waals surface area contributed by atoms with Gasteiger partial charge >= 0.3 is 12.0 Å². The van der Waals surface area contributed by atoms with Crippen LogP contribution in [-0.2, 0) is 4.79 Å². The first-order valence-corrected chi connectivity index (χ1v) is 8.45. The average Bonchev–Trinajstić information content (AvgIpc) is 3.19. The molecule has 0 radical (unpaired) electrons. The van der Waals surface area contributed by atoms with Gasteiger partial charge in [0.15, 0.2) is 0 Å². The van der Waals surface area contributed by atoms with Crippen LogP contribution in [0.2, 0.25) is 0 Å². The lowest BCUT2D eigenvalue weighted by Crippen LogP contribution is -2.48. The Bertz CT molecular complexity index is 406. The molecule has 2 saturated carbocycles. The van der Waals surface area contributed by atoms with Crippen molar-refractivity contribution < 1.29 is 14.7 Å². The maximum Gasteiger partial charge on any atom is 0.317 e. The zero-order chi connectivity index (χ0) is 14.8. The van der Waals surface area contributed by atoms with Gasteiger partial charge in [0.1, 0.15) is 0 Å². The normalized spacial score (nSPS) is 33.5. The summed E-state index contributed by atoms with van der Waals surface area (Å²) in [6.07, 6.45) is 9.45. The van der Waals surface area contributed by atoms with E-state index in [9.17, 15) is 9.59 Å². The number of likely N-dealkylation sites (tertiary alicyclic amines) is 1. The maximum absolute atomic E-state index is 12.5. The Hall–Kier alpha value is -1.26. The molecule has 21 heavy (non-hydrogen) atoms. The van der Waals surface area contributed by atoms with Gasteiger partial charge in [-0.15, -0.1) is 0 Å². The molecule has 1 unspecified atom stereocenters. The van der Waals surface area contributed by atoms with Crippen molar-refractivity contribution in [3.05, 3.63) is 0 Å². The first-order chi connectivity index (χ1) is 10.1. The van der Waals surface area contributed by atoms with Crippen LogP contribution in [0.25, 0.3) is 0 Å². The van der Waals surface area contributed by atoms with Crippen LogP contribution in [0.5, 0.6) is 0 Å². The quantitative estimate of drug-likeness (QED) is 0.840. The summed E-state index contributed by atoms with van der Waals surface area (Å²) >= 11 is 0. The summed E-state index contributed by atoms with van der Waals surface area (Å²) in [5.41, 5.74) is 0. The van der Waals surface area contributed by atoms with Crippen molar-refractivity contribution in [2.24, 2.45) is 11.8 Å². The van der Waals surface area contributed by atoms with Gasteiger partial charge in [0.05, 0.1) is 5.92 Å². The zero-order valence-corrected chi connectivity index (χ0v) is 12.6. The van der Waals surface area contributed by atoms with Gasteiger partial charge in [0.25, 0.3) is 0 Å². The summed E-state index contributed by atoms with van der Waals surface area (Å²) in [6.45, 7) is 0.863. The van der Waals surface area contributed by atoms with Gasteiger partial charge in [0.2, 0.25) is 0 Å². The number of hydrogen-bond acceptors (Lipinski definition) is 2. The molecule has 2 aliphatic carbocycles.